The average molecular weight is 563 g/mol. The van der Waals surface area contributed by atoms with Gasteiger partial charge in [-0.1, -0.05) is 93.0 Å². The van der Waals surface area contributed by atoms with Crippen molar-refractivity contribution >= 4 is 41.5 Å². The van der Waals surface area contributed by atoms with Gasteiger partial charge in [-0.05, 0) is 35.7 Å². The number of ether oxygens (including phenoxy) is 2. The van der Waals surface area contributed by atoms with Crippen LogP contribution < -0.4 is 10.4 Å². The molecule has 0 bridgehead atoms. The first-order valence-electron chi connectivity index (χ1n) is 13.5. The van der Waals surface area contributed by atoms with Gasteiger partial charge in [0.1, 0.15) is 17.9 Å². The molecule has 3 heterocycles. The number of hydrogen-bond donors (Lipinski definition) is 0. The average Bonchev–Trinajstić information content (AvgIpc) is 3.56. The van der Waals surface area contributed by atoms with E-state index in [0.29, 0.717) is 22.9 Å². The van der Waals surface area contributed by atoms with E-state index in [1.54, 1.807) is 6.33 Å². The van der Waals surface area contributed by atoms with Gasteiger partial charge in [-0.2, -0.15) is 0 Å². The molecule has 2 aliphatic rings. The van der Waals surface area contributed by atoms with E-state index in [9.17, 15) is 0 Å². The fourth-order valence-electron chi connectivity index (χ4n) is 6.55. The first-order chi connectivity index (χ1) is 18.6. The van der Waals surface area contributed by atoms with Crippen LogP contribution in [0.3, 0.4) is 0 Å². The smallest absolute Gasteiger partial charge is 0.261 e. The minimum absolute atomic E-state index is 0.0134. The second-order valence-electron chi connectivity index (χ2n) is 12.1. The Morgan fingerprint density at radius 3 is 2.18 bits per heavy atom. The fraction of sp³-hybridized carbons (Fsp3) is 0.433. The Labute approximate surface area is 235 Å². The Morgan fingerprint density at radius 1 is 0.949 bits per heavy atom. The van der Waals surface area contributed by atoms with Crippen LogP contribution in [0.25, 0.3) is 11.2 Å². The summed E-state index contributed by atoms with van der Waals surface area (Å²) in [7, 11) is -2.69. The van der Waals surface area contributed by atoms with Crippen molar-refractivity contribution in [1.82, 2.24) is 19.5 Å². The van der Waals surface area contributed by atoms with Crippen molar-refractivity contribution in [3.8, 4) is 0 Å². The predicted molar refractivity (Wildman–Crippen MR) is 155 cm³/mol. The van der Waals surface area contributed by atoms with Crippen molar-refractivity contribution in [3.05, 3.63) is 78.5 Å². The van der Waals surface area contributed by atoms with E-state index in [0.717, 1.165) is 6.42 Å². The molecule has 39 heavy (non-hydrogen) atoms. The van der Waals surface area contributed by atoms with Gasteiger partial charge in [0.15, 0.2) is 16.6 Å². The molecule has 4 aromatic rings. The van der Waals surface area contributed by atoms with Gasteiger partial charge >= 0.3 is 0 Å². The van der Waals surface area contributed by atoms with Gasteiger partial charge in [0.2, 0.25) is 0 Å². The summed E-state index contributed by atoms with van der Waals surface area (Å²) in [5.74, 6) is -0.565. The van der Waals surface area contributed by atoms with Crippen molar-refractivity contribution in [2.24, 2.45) is 5.92 Å². The zero-order valence-electron chi connectivity index (χ0n) is 23.0. The summed E-state index contributed by atoms with van der Waals surface area (Å²) in [6, 6.07) is 21.5. The summed E-state index contributed by atoms with van der Waals surface area (Å²) in [6.07, 6.45) is 3.83. The highest BCUT2D eigenvalue weighted by molar-refractivity contribution is 6.99. The maximum Gasteiger partial charge on any atom is 0.261 e. The number of benzene rings is 2. The number of rotatable bonds is 6. The lowest BCUT2D eigenvalue weighted by Crippen LogP contribution is -2.67. The molecule has 1 aliphatic carbocycles. The molecule has 2 aromatic heterocycles. The number of nitrogens with zero attached hydrogens (tertiary/aromatic N) is 4. The third-order valence-electron chi connectivity index (χ3n) is 8.15. The maximum atomic E-state index is 7.33. The van der Waals surface area contributed by atoms with E-state index in [4.69, 9.17) is 25.5 Å². The van der Waals surface area contributed by atoms with Gasteiger partial charge < -0.3 is 18.5 Å². The van der Waals surface area contributed by atoms with Crippen molar-refractivity contribution in [1.29, 1.82) is 0 Å². The molecule has 0 unspecified atom stereocenters. The topological polar surface area (TPSA) is 71.3 Å². The van der Waals surface area contributed by atoms with Crippen LogP contribution in [0.5, 0.6) is 0 Å². The van der Waals surface area contributed by atoms with Gasteiger partial charge in [0.25, 0.3) is 8.32 Å². The quantitative estimate of drug-likeness (QED) is 0.239. The van der Waals surface area contributed by atoms with E-state index in [2.05, 4.69) is 101 Å². The fourth-order valence-corrected chi connectivity index (χ4v) is 11.3. The molecule has 0 N–H and O–H groups in total. The zero-order chi connectivity index (χ0) is 27.4. The number of hydrogen-bond acceptors (Lipinski definition) is 6. The standard InChI is InChI=1S/C30H35ClN4O3Si/c1-29(2,3)39(21-12-8-6-9-13-21,22-14-10-7-11-15-22)36-17-20-16-23(26-25(20)37-30(4,5)38-26)35-19-34-24-27(31)32-18-33-28(24)35/h6-15,18-20,23,25-26H,16-17H2,1-5H3/t20-,23-,25-,26+/m1/s1. The third kappa shape index (κ3) is 4.52. The molecule has 9 heteroatoms. The molecule has 2 aromatic carbocycles. The highest BCUT2D eigenvalue weighted by atomic mass is 35.5. The molecule has 2 fully saturated rings. The Kier molecular flexibility index (Phi) is 6.67. The Balaban J connectivity index is 1.38. The maximum absolute atomic E-state index is 7.33. The third-order valence-corrected chi connectivity index (χ3v) is 13.4. The van der Waals surface area contributed by atoms with E-state index in [1.807, 2.05) is 13.8 Å². The van der Waals surface area contributed by atoms with Crippen LogP contribution in [-0.2, 0) is 13.9 Å². The van der Waals surface area contributed by atoms with Gasteiger partial charge in [-0.15, -0.1) is 0 Å². The van der Waals surface area contributed by atoms with Crippen LogP contribution in [-0.4, -0.2) is 52.4 Å². The lowest BCUT2D eigenvalue weighted by Gasteiger charge is -2.43. The molecule has 1 saturated heterocycles. The monoisotopic (exact) mass is 562 g/mol. The normalized spacial score (nSPS) is 24.8. The molecule has 1 saturated carbocycles. The lowest BCUT2D eigenvalue weighted by molar-refractivity contribution is -0.161. The molecule has 1 aliphatic heterocycles. The second kappa shape index (κ2) is 9.78. The lowest BCUT2D eigenvalue weighted by atomic mass is 10.1. The molecule has 6 rings (SSSR count). The van der Waals surface area contributed by atoms with Crippen LogP contribution >= 0.6 is 11.6 Å². The Hall–Kier alpha value is -2.62. The summed E-state index contributed by atoms with van der Waals surface area (Å²) in [5.41, 5.74) is 1.31. The van der Waals surface area contributed by atoms with Crippen molar-refractivity contribution < 1.29 is 13.9 Å². The van der Waals surface area contributed by atoms with Crippen molar-refractivity contribution in [2.75, 3.05) is 6.61 Å². The minimum Gasteiger partial charge on any atom is -0.407 e. The molecule has 7 nitrogen and oxygen atoms in total. The largest absolute Gasteiger partial charge is 0.407 e. The number of fused-ring (bicyclic) bond motifs is 2. The second-order valence-corrected chi connectivity index (χ2v) is 16.8. The predicted octanol–water partition coefficient (Wildman–Crippen LogP) is 5.14. The SMILES string of the molecule is CC1(C)O[C@@H]2[C@@H](CO[Si](c3ccccc3)(c3ccccc3)C(C)(C)C)C[C@@H](n3cnc4c(Cl)ncnc43)[C@@H]2O1. The molecule has 0 spiro atoms. The molecular formula is C30H35ClN4O3Si. The van der Waals surface area contributed by atoms with Crippen LogP contribution in [0.4, 0.5) is 0 Å². The van der Waals surface area contributed by atoms with Gasteiger partial charge in [-0.25, -0.2) is 15.0 Å². The number of imidazole rings is 1. The molecule has 4 atom stereocenters. The summed E-state index contributed by atoms with van der Waals surface area (Å²) < 4.78 is 22.4. The summed E-state index contributed by atoms with van der Waals surface area (Å²) >= 11 is 6.32. The minimum atomic E-state index is -2.69. The van der Waals surface area contributed by atoms with Crippen molar-refractivity contribution in [2.45, 2.75) is 70.1 Å². The van der Waals surface area contributed by atoms with Crippen LogP contribution in [0.15, 0.2) is 73.3 Å². The van der Waals surface area contributed by atoms with Gasteiger partial charge in [0.05, 0.1) is 18.5 Å². The van der Waals surface area contributed by atoms with Crippen molar-refractivity contribution in [3.63, 3.8) is 0 Å². The Bertz CT molecular complexity index is 1420. The van der Waals surface area contributed by atoms with E-state index in [1.165, 1.54) is 16.7 Å². The van der Waals surface area contributed by atoms with Crippen LogP contribution in [0.1, 0.15) is 47.1 Å². The van der Waals surface area contributed by atoms with Gasteiger partial charge in [-0.3, -0.25) is 0 Å². The highest BCUT2D eigenvalue weighted by Crippen LogP contribution is 2.48. The van der Waals surface area contributed by atoms with Crippen LogP contribution in [0.2, 0.25) is 10.2 Å². The highest BCUT2D eigenvalue weighted by Gasteiger charge is 2.57. The Morgan fingerprint density at radius 2 is 1.56 bits per heavy atom. The number of aromatic nitrogens is 4. The summed E-state index contributed by atoms with van der Waals surface area (Å²) in [4.78, 5) is 13.1. The van der Waals surface area contributed by atoms with Crippen LogP contribution in [0, 0.1) is 5.92 Å². The van der Waals surface area contributed by atoms with Gasteiger partial charge in [0, 0.05) is 12.5 Å². The molecule has 0 amide bonds. The molecular weight excluding hydrogens is 528 g/mol. The summed E-state index contributed by atoms with van der Waals surface area (Å²) in [6.45, 7) is 11.4. The van der Waals surface area contributed by atoms with E-state index >= 15 is 0 Å². The molecule has 0 radical (unpaired) electrons. The first-order valence-corrected chi connectivity index (χ1v) is 15.8. The first kappa shape index (κ1) is 26.6. The van der Waals surface area contributed by atoms with E-state index < -0.39 is 14.1 Å². The molecule has 204 valence electrons. The van der Waals surface area contributed by atoms with E-state index in [-0.39, 0.29) is 29.2 Å². The number of halogens is 1. The summed E-state index contributed by atoms with van der Waals surface area (Å²) in [5, 5.41) is 2.79. The zero-order valence-corrected chi connectivity index (χ0v) is 24.8.